The zero-order valence-electron chi connectivity index (χ0n) is 11.8. The zero-order valence-corrected chi connectivity index (χ0v) is 11.8. The molecule has 110 valence electrons. The largest absolute Gasteiger partial charge is 0.424 e. The predicted molar refractivity (Wildman–Crippen MR) is 79.8 cm³/mol. The highest BCUT2D eigenvalue weighted by molar-refractivity contribution is 6.02. The summed E-state index contributed by atoms with van der Waals surface area (Å²) in [5, 5.41) is 2.77. The molecule has 0 spiro atoms. The number of aromatic amines is 1. The normalized spacial score (nSPS) is 10.2. The number of anilines is 1. The molecule has 1 aromatic carbocycles. The number of nitrogens with one attached hydrogen (secondary N) is 2. The van der Waals surface area contributed by atoms with Crippen LogP contribution < -0.4 is 10.1 Å². The van der Waals surface area contributed by atoms with Gasteiger partial charge in [-0.05, 0) is 37.3 Å². The number of benzene rings is 1. The molecule has 2 N–H and O–H groups in total. The van der Waals surface area contributed by atoms with Gasteiger partial charge in [-0.3, -0.25) is 4.79 Å². The molecule has 0 bridgehead atoms. The summed E-state index contributed by atoms with van der Waals surface area (Å²) in [5.41, 5.74) is 1.06. The number of imidazole rings is 1. The van der Waals surface area contributed by atoms with Gasteiger partial charge in [0.15, 0.2) is 0 Å². The lowest BCUT2D eigenvalue weighted by Crippen LogP contribution is -2.12. The highest BCUT2D eigenvalue weighted by Crippen LogP contribution is 2.20. The Morgan fingerprint density at radius 3 is 2.50 bits per heavy atom. The van der Waals surface area contributed by atoms with Crippen LogP contribution in [-0.4, -0.2) is 25.8 Å². The molecule has 3 aromatic rings. The minimum atomic E-state index is -0.249. The van der Waals surface area contributed by atoms with Crippen LogP contribution in [0.5, 0.6) is 11.8 Å². The molecule has 2 aromatic heterocycles. The molecular weight excluding hydrogens is 282 g/mol. The monoisotopic (exact) mass is 295 g/mol. The topological polar surface area (TPSA) is 92.8 Å². The van der Waals surface area contributed by atoms with E-state index in [1.54, 1.807) is 49.6 Å². The molecule has 1 amide bonds. The van der Waals surface area contributed by atoms with Crippen molar-refractivity contribution in [1.29, 1.82) is 0 Å². The van der Waals surface area contributed by atoms with E-state index in [9.17, 15) is 4.79 Å². The van der Waals surface area contributed by atoms with Gasteiger partial charge in [-0.25, -0.2) is 15.0 Å². The number of aromatic nitrogens is 4. The summed E-state index contributed by atoms with van der Waals surface area (Å²) in [6.45, 7) is 1.79. The number of rotatable bonds is 4. The third-order valence-corrected chi connectivity index (χ3v) is 2.81. The standard InChI is InChI=1S/C15H13N5O2/c1-10-18-9-13(19-10)14(21)20-11-3-5-12(6-4-11)22-15-16-7-2-8-17-15/h2-9H,1H3,(H,18,19)(H,20,21). The highest BCUT2D eigenvalue weighted by Gasteiger charge is 2.08. The van der Waals surface area contributed by atoms with Crippen molar-refractivity contribution in [2.75, 3.05) is 5.32 Å². The van der Waals surface area contributed by atoms with Crippen molar-refractivity contribution < 1.29 is 9.53 Å². The van der Waals surface area contributed by atoms with Crippen molar-refractivity contribution in [1.82, 2.24) is 19.9 Å². The number of amides is 1. The van der Waals surface area contributed by atoms with Gasteiger partial charge in [-0.15, -0.1) is 0 Å². The maximum atomic E-state index is 12.0. The third-order valence-electron chi connectivity index (χ3n) is 2.81. The lowest BCUT2D eigenvalue weighted by molar-refractivity contribution is 0.102. The summed E-state index contributed by atoms with van der Waals surface area (Å²) in [5.74, 6) is 1.03. The molecule has 0 atom stereocenters. The molecule has 0 unspecified atom stereocenters. The lowest BCUT2D eigenvalue weighted by atomic mass is 10.3. The number of carbonyl (C=O) groups is 1. The molecule has 0 saturated heterocycles. The molecule has 3 rings (SSSR count). The van der Waals surface area contributed by atoms with Crippen LogP contribution >= 0.6 is 0 Å². The fourth-order valence-corrected chi connectivity index (χ4v) is 1.78. The van der Waals surface area contributed by atoms with Crippen LogP contribution in [0.1, 0.15) is 16.3 Å². The Bertz CT molecular complexity index is 768. The van der Waals surface area contributed by atoms with Crippen molar-refractivity contribution in [3.8, 4) is 11.8 Å². The molecule has 0 fully saturated rings. The number of aryl methyl sites for hydroxylation is 1. The number of H-pyrrole nitrogens is 1. The first-order valence-corrected chi connectivity index (χ1v) is 6.58. The summed E-state index contributed by atoms with van der Waals surface area (Å²) >= 11 is 0. The first-order valence-electron chi connectivity index (χ1n) is 6.58. The Kier molecular flexibility index (Phi) is 3.78. The molecule has 7 heteroatoms. The second-order valence-corrected chi connectivity index (χ2v) is 4.49. The van der Waals surface area contributed by atoms with Crippen LogP contribution in [0.25, 0.3) is 0 Å². The molecule has 0 aliphatic rings. The molecule has 0 saturated carbocycles. The first kappa shape index (κ1) is 13.7. The maximum Gasteiger partial charge on any atom is 0.321 e. The maximum absolute atomic E-state index is 12.0. The third kappa shape index (κ3) is 3.26. The summed E-state index contributed by atoms with van der Waals surface area (Å²) in [6.07, 6.45) is 4.70. The van der Waals surface area contributed by atoms with E-state index in [-0.39, 0.29) is 11.9 Å². The molecule has 22 heavy (non-hydrogen) atoms. The van der Waals surface area contributed by atoms with Gasteiger partial charge in [0.25, 0.3) is 5.91 Å². The predicted octanol–water partition coefficient (Wildman–Crippen LogP) is 2.55. The van der Waals surface area contributed by atoms with Gasteiger partial charge in [0.05, 0.1) is 6.20 Å². The second-order valence-electron chi connectivity index (χ2n) is 4.49. The molecule has 2 heterocycles. The zero-order chi connectivity index (χ0) is 15.4. The number of nitrogens with zero attached hydrogens (tertiary/aromatic N) is 3. The van der Waals surface area contributed by atoms with E-state index in [0.717, 1.165) is 0 Å². The van der Waals surface area contributed by atoms with E-state index in [2.05, 4.69) is 25.3 Å². The summed E-state index contributed by atoms with van der Waals surface area (Å²) in [4.78, 5) is 26.8. The van der Waals surface area contributed by atoms with Crippen LogP contribution in [0.3, 0.4) is 0 Å². The van der Waals surface area contributed by atoms with Crippen molar-refractivity contribution in [3.05, 3.63) is 60.4 Å². The SMILES string of the molecule is Cc1ncc(C(=O)Nc2ccc(Oc3ncccn3)cc2)[nH]1. The van der Waals surface area contributed by atoms with Crippen LogP contribution in [0.2, 0.25) is 0 Å². The smallest absolute Gasteiger partial charge is 0.321 e. The molecule has 0 radical (unpaired) electrons. The number of hydrogen-bond acceptors (Lipinski definition) is 5. The minimum absolute atomic E-state index is 0.249. The van der Waals surface area contributed by atoms with E-state index in [1.165, 1.54) is 6.20 Å². The Labute approximate surface area is 126 Å². The summed E-state index contributed by atoms with van der Waals surface area (Å²) in [7, 11) is 0. The average molecular weight is 295 g/mol. The molecule has 0 aliphatic heterocycles. The van der Waals surface area contributed by atoms with Gasteiger partial charge in [0, 0.05) is 18.1 Å². The average Bonchev–Trinajstić information content (AvgIpc) is 2.97. The van der Waals surface area contributed by atoms with Crippen molar-refractivity contribution in [2.24, 2.45) is 0 Å². The van der Waals surface area contributed by atoms with E-state index in [0.29, 0.717) is 23.0 Å². The van der Waals surface area contributed by atoms with Crippen LogP contribution in [0.15, 0.2) is 48.9 Å². The molecule has 0 aliphatic carbocycles. The fraction of sp³-hybridized carbons (Fsp3) is 0.0667. The van der Waals surface area contributed by atoms with Crippen LogP contribution in [-0.2, 0) is 0 Å². The van der Waals surface area contributed by atoms with E-state index < -0.39 is 0 Å². The minimum Gasteiger partial charge on any atom is -0.424 e. The Balaban J connectivity index is 1.65. The van der Waals surface area contributed by atoms with Gasteiger partial charge in [0.2, 0.25) is 0 Å². The highest BCUT2D eigenvalue weighted by atomic mass is 16.5. The van der Waals surface area contributed by atoms with Gasteiger partial charge in [-0.2, -0.15) is 0 Å². The van der Waals surface area contributed by atoms with Crippen molar-refractivity contribution >= 4 is 11.6 Å². The Morgan fingerprint density at radius 2 is 1.86 bits per heavy atom. The summed E-state index contributed by atoms with van der Waals surface area (Å²) < 4.78 is 5.48. The Hall–Kier alpha value is -3.22. The van der Waals surface area contributed by atoms with Crippen molar-refractivity contribution in [3.63, 3.8) is 0 Å². The number of ether oxygens (including phenoxy) is 1. The van der Waals surface area contributed by atoms with Gasteiger partial charge in [-0.1, -0.05) is 0 Å². The van der Waals surface area contributed by atoms with E-state index in [4.69, 9.17) is 4.74 Å². The van der Waals surface area contributed by atoms with Crippen molar-refractivity contribution in [2.45, 2.75) is 6.92 Å². The fourth-order valence-electron chi connectivity index (χ4n) is 1.78. The van der Waals surface area contributed by atoms with Gasteiger partial charge < -0.3 is 15.0 Å². The number of hydrogen-bond donors (Lipinski definition) is 2. The van der Waals surface area contributed by atoms with E-state index in [1.807, 2.05) is 0 Å². The molecule has 7 nitrogen and oxygen atoms in total. The first-order chi connectivity index (χ1) is 10.7. The lowest BCUT2D eigenvalue weighted by Gasteiger charge is -2.06. The number of carbonyl (C=O) groups excluding carboxylic acids is 1. The Morgan fingerprint density at radius 1 is 1.14 bits per heavy atom. The van der Waals surface area contributed by atoms with Gasteiger partial charge in [0.1, 0.15) is 17.3 Å². The van der Waals surface area contributed by atoms with Gasteiger partial charge >= 0.3 is 6.01 Å². The quantitative estimate of drug-likeness (QED) is 0.771. The van der Waals surface area contributed by atoms with Crippen LogP contribution in [0, 0.1) is 6.92 Å². The van der Waals surface area contributed by atoms with Crippen LogP contribution in [0.4, 0.5) is 5.69 Å². The second kappa shape index (κ2) is 6.04. The van der Waals surface area contributed by atoms with E-state index >= 15 is 0 Å². The summed E-state index contributed by atoms with van der Waals surface area (Å²) in [6, 6.07) is 8.91. The molecular formula is C15H13N5O2.